The Balaban J connectivity index is 1.35. The van der Waals surface area contributed by atoms with E-state index in [1.165, 1.54) is 29.7 Å². The Morgan fingerprint density at radius 2 is 1.80 bits per heavy atom. The summed E-state index contributed by atoms with van der Waals surface area (Å²) in [6, 6.07) is 18.7. The summed E-state index contributed by atoms with van der Waals surface area (Å²) < 4.78 is 1.92. The summed E-state index contributed by atoms with van der Waals surface area (Å²) in [5.74, 6) is 1.18. The van der Waals surface area contributed by atoms with E-state index in [9.17, 15) is 0 Å². The summed E-state index contributed by atoms with van der Waals surface area (Å²) in [7, 11) is 0. The van der Waals surface area contributed by atoms with Gasteiger partial charge in [-0.3, -0.25) is 0 Å². The maximum absolute atomic E-state index is 4.81. The van der Waals surface area contributed by atoms with Gasteiger partial charge in [0.2, 0.25) is 5.82 Å². The number of aromatic nitrogens is 7. The molecule has 1 aliphatic carbocycles. The first-order valence-electron chi connectivity index (χ1n) is 10.1. The topological polar surface area (TPSA) is 84.6 Å². The molecule has 3 heterocycles. The van der Waals surface area contributed by atoms with Crippen LogP contribution in [0.5, 0.6) is 0 Å². The Kier molecular flexibility index (Phi) is 3.90. The van der Waals surface area contributed by atoms with E-state index in [-0.39, 0.29) is 0 Å². The van der Waals surface area contributed by atoms with Crippen LogP contribution in [0.15, 0.2) is 67.0 Å². The smallest absolute Gasteiger partial charge is 0.205 e. The summed E-state index contributed by atoms with van der Waals surface area (Å²) in [4.78, 5) is 4.59. The van der Waals surface area contributed by atoms with E-state index in [0.717, 1.165) is 28.8 Å². The molecule has 0 spiro atoms. The number of aromatic amines is 1. The number of benzene rings is 2. The molecule has 3 aromatic heterocycles. The van der Waals surface area contributed by atoms with E-state index in [0.29, 0.717) is 11.7 Å². The van der Waals surface area contributed by atoms with Gasteiger partial charge in [-0.05, 0) is 40.8 Å². The molecule has 1 saturated carbocycles. The van der Waals surface area contributed by atoms with Crippen molar-refractivity contribution in [3.05, 3.63) is 83.8 Å². The Morgan fingerprint density at radius 3 is 2.57 bits per heavy atom. The molecule has 0 bridgehead atoms. The molecule has 1 fully saturated rings. The van der Waals surface area contributed by atoms with E-state index < -0.39 is 0 Å². The lowest BCUT2D eigenvalue weighted by atomic mass is 9.96. The van der Waals surface area contributed by atoms with Crippen molar-refractivity contribution in [3.8, 4) is 22.5 Å². The van der Waals surface area contributed by atoms with Crippen LogP contribution in [0.3, 0.4) is 0 Å². The lowest BCUT2D eigenvalue weighted by Gasteiger charge is -2.08. The normalized spacial score (nSPS) is 13.7. The van der Waals surface area contributed by atoms with E-state index in [1.807, 2.05) is 41.2 Å². The molecule has 7 heteroatoms. The second-order valence-corrected chi connectivity index (χ2v) is 7.68. The summed E-state index contributed by atoms with van der Waals surface area (Å²) in [6.07, 6.45) is 7.11. The first-order chi connectivity index (χ1) is 14.9. The van der Waals surface area contributed by atoms with Gasteiger partial charge in [0.25, 0.3) is 0 Å². The van der Waals surface area contributed by atoms with E-state index in [2.05, 4.69) is 55.9 Å². The fourth-order valence-electron chi connectivity index (χ4n) is 4.02. The van der Waals surface area contributed by atoms with Crippen molar-refractivity contribution in [2.45, 2.75) is 25.2 Å². The molecule has 0 unspecified atom stereocenters. The third kappa shape index (κ3) is 2.95. The highest BCUT2D eigenvalue weighted by Gasteiger charge is 2.30. The molecular formula is C23H19N7. The molecule has 6 rings (SSSR count). The number of nitrogens with zero attached hydrogens (tertiary/aromatic N) is 6. The number of tetrazole rings is 1. The van der Waals surface area contributed by atoms with Crippen LogP contribution in [0.4, 0.5) is 0 Å². The summed E-state index contributed by atoms with van der Waals surface area (Å²) in [5, 5.41) is 19.3. The van der Waals surface area contributed by atoms with Crippen LogP contribution in [0, 0.1) is 0 Å². The molecule has 2 aromatic carbocycles. The second-order valence-electron chi connectivity index (χ2n) is 7.68. The van der Waals surface area contributed by atoms with Crippen molar-refractivity contribution >= 4 is 5.65 Å². The molecule has 7 nitrogen and oxygen atoms in total. The summed E-state index contributed by atoms with van der Waals surface area (Å²) in [6.45, 7) is 0. The zero-order chi connectivity index (χ0) is 19.9. The van der Waals surface area contributed by atoms with Crippen molar-refractivity contribution in [3.63, 3.8) is 0 Å². The van der Waals surface area contributed by atoms with Gasteiger partial charge < -0.3 is 0 Å². The molecule has 0 amide bonds. The van der Waals surface area contributed by atoms with Crippen LogP contribution in [-0.2, 0) is 6.42 Å². The largest absolute Gasteiger partial charge is 0.237 e. The van der Waals surface area contributed by atoms with Crippen LogP contribution in [0.25, 0.3) is 28.2 Å². The van der Waals surface area contributed by atoms with Gasteiger partial charge in [-0.15, -0.1) is 10.2 Å². The number of H-pyrrole nitrogens is 1. The lowest BCUT2D eigenvalue weighted by molar-refractivity contribution is 0.878. The highest BCUT2D eigenvalue weighted by Crippen LogP contribution is 2.42. The first kappa shape index (κ1) is 17.0. The molecule has 1 N–H and O–H groups in total. The van der Waals surface area contributed by atoms with Crippen LogP contribution < -0.4 is 0 Å². The standard InChI is InChI=1S/C23H19N7/c1-2-5-19(22-25-28-29-26-22)18(4-1)16-8-6-15(7-9-16)14-20-21(17-10-11-17)27-30-13-3-12-24-23(20)30/h1-9,12-13,17H,10-11,14H2,(H,25,26,28,29). The molecule has 30 heavy (non-hydrogen) atoms. The Bertz CT molecular complexity index is 1320. The maximum Gasteiger partial charge on any atom is 0.205 e. The predicted octanol–water partition coefficient (Wildman–Crippen LogP) is 4.04. The van der Waals surface area contributed by atoms with Crippen molar-refractivity contribution in [1.29, 1.82) is 0 Å². The number of hydrogen-bond donors (Lipinski definition) is 1. The Labute approximate surface area is 172 Å². The third-order valence-corrected chi connectivity index (χ3v) is 5.64. The van der Waals surface area contributed by atoms with Crippen molar-refractivity contribution in [1.82, 2.24) is 35.2 Å². The fraction of sp³-hybridized carbons (Fsp3) is 0.174. The second kappa shape index (κ2) is 6.88. The molecule has 1 aliphatic rings. The van der Waals surface area contributed by atoms with Crippen molar-refractivity contribution in [2.75, 3.05) is 0 Å². The van der Waals surface area contributed by atoms with Crippen LogP contribution in [0.1, 0.15) is 35.6 Å². The van der Waals surface area contributed by atoms with E-state index in [4.69, 9.17) is 5.10 Å². The maximum atomic E-state index is 4.81. The van der Waals surface area contributed by atoms with Crippen LogP contribution >= 0.6 is 0 Å². The third-order valence-electron chi connectivity index (χ3n) is 5.64. The van der Waals surface area contributed by atoms with Gasteiger partial charge in [-0.1, -0.05) is 48.5 Å². The minimum Gasteiger partial charge on any atom is -0.237 e. The van der Waals surface area contributed by atoms with E-state index in [1.54, 1.807) is 0 Å². The first-order valence-corrected chi connectivity index (χ1v) is 10.1. The minimum absolute atomic E-state index is 0.586. The quantitative estimate of drug-likeness (QED) is 0.487. The number of fused-ring (bicyclic) bond motifs is 1. The Hall–Kier alpha value is -3.87. The molecule has 5 aromatic rings. The van der Waals surface area contributed by atoms with E-state index >= 15 is 0 Å². The van der Waals surface area contributed by atoms with Gasteiger partial charge >= 0.3 is 0 Å². The molecule has 146 valence electrons. The average molecular weight is 393 g/mol. The zero-order valence-electron chi connectivity index (χ0n) is 16.2. The molecule has 0 radical (unpaired) electrons. The lowest BCUT2D eigenvalue weighted by Crippen LogP contribution is -1.94. The van der Waals surface area contributed by atoms with Gasteiger partial charge in [-0.2, -0.15) is 10.3 Å². The number of rotatable bonds is 5. The monoisotopic (exact) mass is 393 g/mol. The molecule has 0 aliphatic heterocycles. The van der Waals surface area contributed by atoms with Gasteiger partial charge in [0.05, 0.1) is 5.69 Å². The zero-order valence-corrected chi connectivity index (χ0v) is 16.2. The summed E-state index contributed by atoms with van der Waals surface area (Å²) >= 11 is 0. The van der Waals surface area contributed by atoms with Gasteiger partial charge in [0.1, 0.15) is 0 Å². The van der Waals surface area contributed by atoms with Crippen LogP contribution in [0.2, 0.25) is 0 Å². The van der Waals surface area contributed by atoms with Crippen LogP contribution in [-0.4, -0.2) is 35.2 Å². The van der Waals surface area contributed by atoms with Gasteiger partial charge in [0.15, 0.2) is 5.65 Å². The van der Waals surface area contributed by atoms with Gasteiger partial charge in [-0.25, -0.2) is 9.50 Å². The SMILES string of the molecule is c1ccc(-c2nn[nH]n2)c(-c2ccc(Cc3c(C4CC4)nn4cccnc34)cc2)c1. The Morgan fingerprint density at radius 1 is 0.967 bits per heavy atom. The average Bonchev–Trinajstić information content (AvgIpc) is 3.37. The van der Waals surface area contributed by atoms with Crippen molar-refractivity contribution < 1.29 is 0 Å². The molecule has 0 atom stereocenters. The highest BCUT2D eigenvalue weighted by molar-refractivity contribution is 5.80. The predicted molar refractivity (Wildman–Crippen MR) is 113 cm³/mol. The molecule has 0 saturated heterocycles. The number of nitrogens with one attached hydrogen (secondary N) is 1. The number of hydrogen-bond acceptors (Lipinski definition) is 5. The van der Waals surface area contributed by atoms with Gasteiger partial charge in [0, 0.05) is 35.9 Å². The fourth-order valence-corrected chi connectivity index (χ4v) is 4.02. The highest BCUT2D eigenvalue weighted by atomic mass is 15.5. The molecular weight excluding hydrogens is 374 g/mol. The minimum atomic E-state index is 0.586. The van der Waals surface area contributed by atoms with Crippen molar-refractivity contribution in [2.24, 2.45) is 0 Å². The summed E-state index contributed by atoms with van der Waals surface area (Å²) in [5.41, 5.74) is 7.84.